The molecule has 0 spiro atoms. The van der Waals surface area contributed by atoms with E-state index in [0.717, 1.165) is 11.4 Å². The number of carbonyl (C=O) groups is 2. The number of nitrogens with one attached hydrogen (secondary N) is 1. The minimum Gasteiger partial charge on any atom is -0.486 e. The molecule has 0 aliphatic carbocycles. The van der Waals surface area contributed by atoms with Crippen molar-refractivity contribution < 1.29 is 23.8 Å². The van der Waals surface area contributed by atoms with Gasteiger partial charge in [-0.1, -0.05) is 0 Å². The molecule has 1 amide bonds. The maximum Gasteiger partial charge on any atom is 0.338 e. The van der Waals surface area contributed by atoms with E-state index in [1.807, 2.05) is 13.8 Å². The number of amides is 1. The average Bonchev–Trinajstić information content (AvgIpc) is 2.74. The van der Waals surface area contributed by atoms with Crippen LogP contribution in [0.1, 0.15) is 28.7 Å². The van der Waals surface area contributed by atoms with Crippen LogP contribution in [-0.2, 0) is 9.53 Å². The number of carbonyl (C=O) groups excluding carboxylic acids is 2. The van der Waals surface area contributed by atoms with Crippen LogP contribution in [0.15, 0.2) is 36.4 Å². The molecule has 1 N–H and O–H groups in total. The highest BCUT2D eigenvalue weighted by atomic mass is 16.6. The fourth-order valence-corrected chi connectivity index (χ4v) is 3.00. The van der Waals surface area contributed by atoms with Crippen molar-refractivity contribution in [2.24, 2.45) is 0 Å². The van der Waals surface area contributed by atoms with Crippen molar-refractivity contribution in [1.29, 1.82) is 0 Å². The largest absolute Gasteiger partial charge is 0.486 e. The molecule has 1 aliphatic rings. The maximum absolute atomic E-state index is 12.5. The molecule has 1 aromatic heterocycles. The van der Waals surface area contributed by atoms with Gasteiger partial charge in [0.25, 0.3) is 5.91 Å². The summed E-state index contributed by atoms with van der Waals surface area (Å²) in [6, 6.07) is 10.0. The van der Waals surface area contributed by atoms with Crippen molar-refractivity contribution in [3.63, 3.8) is 0 Å². The van der Waals surface area contributed by atoms with Crippen molar-refractivity contribution in [2.45, 2.75) is 26.9 Å². The zero-order valence-corrected chi connectivity index (χ0v) is 16.9. The Labute approximate surface area is 173 Å². The molecule has 0 fully saturated rings. The molecular formula is C22H21N3O5. The number of benzene rings is 2. The smallest absolute Gasteiger partial charge is 0.338 e. The number of esters is 1. The SMILES string of the molecule is Cc1nc2ccc(C(=O)O[C@@H](C)C(=O)Nc3ccc4c(c3)OCCO4)cc2nc1C. The molecule has 2 heterocycles. The lowest BCUT2D eigenvalue weighted by Crippen LogP contribution is -2.30. The number of anilines is 1. The Morgan fingerprint density at radius 2 is 1.67 bits per heavy atom. The van der Waals surface area contributed by atoms with Crippen LogP contribution in [0.4, 0.5) is 5.69 Å². The van der Waals surface area contributed by atoms with Gasteiger partial charge in [0.15, 0.2) is 17.6 Å². The molecule has 154 valence electrons. The van der Waals surface area contributed by atoms with Crippen molar-refractivity contribution >= 4 is 28.6 Å². The predicted molar refractivity (Wildman–Crippen MR) is 110 cm³/mol. The molecule has 8 heteroatoms. The molecule has 30 heavy (non-hydrogen) atoms. The molecule has 8 nitrogen and oxygen atoms in total. The van der Waals surface area contributed by atoms with Gasteiger partial charge in [-0.15, -0.1) is 0 Å². The first kappa shape index (κ1) is 19.6. The predicted octanol–water partition coefficient (Wildman–Crippen LogP) is 3.20. The normalized spacial score (nSPS) is 13.6. The Kier molecular flexibility index (Phi) is 5.22. The van der Waals surface area contributed by atoms with Crippen LogP contribution in [0.2, 0.25) is 0 Å². The van der Waals surface area contributed by atoms with E-state index in [9.17, 15) is 9.59 Å². The van der Waals surface area contributed by atoms with Gasteiger partial charge >= 0.3 is 5.97 Å². The summed E-state index contributed by atoms with van der Waals surface area (Å²) < 4.78 is 16.3. The minimum atomic E-state index is -0.993. The highest BCUT2D eigenvalue weighted by molar-refractivity contribution is 5.98. The number of fused-ring (bicyclic) bond motifs is 2. The lowest BCUT2D eigenvalue weighted by atomic mass is 10.2. The van der Waals surface area contributed by atoms with Gasteiger partial charge in [0.2, 0.25) is 0 Å². The standard InChI is InChI=1S/C22H21N3O5/c1-12-13(2)24-18-10-15(4-6-17(18)23-12)22(27)30-14(3)21(26)25-16-5-7-19-20(11-16)29-9-8-28-19/h4-7,10-11,14H,8-9H2,1-3H3,(H,25,26)/t14-/m0/s1. The van der Waals surface area contributed by atoms with Crippen LogP contribution in [0.3, 0.4) is 0 Å². The highest BCUT2D eigenvalue weighted by Crippen LogP contribution is 2.32. The second kappa shape index (κ2) is 7.98. The first-order valence-corrected chi connectivity index (χ1v) is 9.57. The van der Waals surface area contributed by atoms with Crippen molar-refractivity contribution in [1.82, 2.24) is 9.97 Å². The molecular weight excluding hydrogens is 386 g/mol. The molecule has 2 aromatic carbocycles. The Balaban J connectivity index is 1.43. The number of ether oxygens (including phenoxy) is 3. The summed E-state index contributed by atoms with van der Waals surface area (Å²) in [6.07, 6.45) is -0.993. The minimum absolute atomic E-state index is 0.305. The van der Waals surface area contributed by atoms with E-state index < -0.39 is 18.0 Å². The fourth-order valence-electron chi connectivity index (χ4n) is 3.00. The van der Waals surface area contributed by atoms with Crippen molar-refractivity contribution in [3.8, 4) is 11.5 Å². The quantitative estimate of drug-likeness (QED) is 0.663. The summed E-state index contributed by atoms with van der Waals surface area (Å²) in [5.41, 5.74) is 3.75. The van der Waals surface area contributed by atoms with Gasteiger partial charge in [0.1, 0.15) is 13.2 Å². The number of hydrogen-bond donors (Lipinski definition) is 1. The molecule has 0 unspecified atom stereocenters. The summed E-state index contributed by atoms with van der Waals surface area (Å²) in [6.45, 7) is 6.20. The monoisotopic (exact) mass is 407 g/mol. The Morgan fingerprint density at radius 1 is 0.967 bits per heavy atom. The lowest BCUT2D eigenvalue weighted by Gasteiger charge is -2.19. The third-order valence-electron chi connectivity index (χ3n) is 4.77. The Bertz CT molecular complexity index is 1150. The van der Waals surface area contributed by atoms with Gasteiger partial charge in [0, 0.05) is 11.8 Å². The third kappa shape index (κ3) is 4.03. The number of rotatable bonds is 4. The van der Waals surface area contributed by atoms with Gasteiger partial charge in [-0.05, 0) is 51.1 Å². The molecule has 1 aliphatic heterocycles. The van der Waals surface area contributed by atoms with Crippen LogP contribution < -0.4 is 14.8 Å². The molecule has 0 saturated carbocycles. The molecule has 0 bridgehead atoms. The maximum atomic E-state index is 12.5. The first-order chi connectivity index (χ1) is 14.4. The number of aryl methyl sites for hydroxylation is 2. The summed E-state index contributed by atoms with van der Waals surface area (Å²) in [4.78, 5) is 33.9. The van der Waals surface area contributed by atoms with Crippen LogP contribution in [0.25, 0.3) is 11.0 Å². The highest BCUT2D eigenvalue weighted by Gasteiger charge is 2.21. The topological polar surface area (TPSA) is 99.6 Å². The van der Waals surface area contributed by atoms with E-state index in [4.69, 9.17) is 14.2 Å². The third-order valence-corrected chi connectivity index (χ3v) is 4.77. The van der Waals surface area contributed by atoms with E-state index in [2.05, 4.69) is 15.3 Å². The second-order valence-corrected chi connectivity index (χ2v) is 6.99. The van der Waals surface area contributed by atoms with Crippen LogP contribution in [0, 0.1) is 13.8 Å². The zero-order valence-electron chi connectivity index (χ0n) is 16.9. The zero-order chi connectivity index (χ0) is 21.3. The summed E-state index contributed by atoms with van der Waals surface area (Å²) in [5, 5.41) is 2.72. The molecule has 0 saturated heterocycles. The van der Waals surface area contributed by atoms with E-state index in [0.29, 0.717) is 47.0 Å². The number of hydrogen-bond acceptors (Lipinski definition) is 7. The number of nitrogens with zero attached hydrogens (tertiary/aromatic N) is 2. The fraction of sp³-hybridized carbons (Fsp3) is 0.273. The van der Waals surface area contributed by atoms with E-state index in [1.54, 1.807) is 36.4 Å². The van der Waals surface area contributed by atoms with Gasteiger partial charge in [-0.2, -0.15) is 0 Å². The summed E-state index contributed by atoms with van der Waals surface area (Å²) in [5.74, 6) is 0.129. The first-order valence-electron chi connectivity index (χ1n) is 9.57. The van der Waals surface area contributed by atoms with E-state index in [-0.39, 0.29) is 0 Å². The van der Waals surface area contributed by atoms with Gasteiger partial charge in [-0.3, -0.25) is 4.79 Å². The molecule has 4 rings (SSSR count). The van der Waals surface area contributed by atoms with Crippen LogP contribution in [-0.4, -0.2) is 41.2 Å². The van der Waals surface area contributed by atoms with E-state index in [1.165, 1.54) is 6.92 Å². The molecule has 0 radical (unpaired) electrons. The lowest BCUT2D eigenvalue weighted by molar-refractivity contribution is -0.123. The average molecular weight is 407 g/mol. The van der Waals surface area contributed by atoms with Crippen molar-refractivity contribution in [2.75, 3.05) is 18.5 Å². The second-order valence-electron chi connectivity index (χ2n) is 6.99. The summed E-state index contributed by atoms with van der Waals surface area (Å²) in [7, 11) is 0. The van der Waals surface area contributed by atoms with Crippen LogP contribution >= 0.6 is 0 Å². The van der Waals surface area contributed by atoms with Gasteiger partial charge in [-0.25, -0.2) is 14.8 Å². The van der Waals surface area contributed by atoms with Gasteiger partial charge < -0.3 is 19.5 Å². The Morgan fingerprint density at radius 3 is 2.43 bits per heavy atom. The van der Waals surface area contributed by atoms with Crippen molar-refractivity contribution in [3.05, 3.63) is 53.3 Å². The number of aromatic nitrogens is 2. The summed E-state index contributed by atoms with van der Waals surface area (Å²) >= 11 is 0. The Hall–Kier alpha value is -3.68. The van der Waals surface area contributed by atoms with Gasteiger partial charge in [0.05, 0.1) is 28.0 Å². The van der Waals surface area contributed by atoms with Crippen LogP contribution in [0.5, 0.6) is 11.5 Å². The molecule has 3 aromatic rings. The molecule has 1 atom stereocenters. The van der Waals surface area contributed by atoms with E-state index >= 15 is 0 Å².